The highest BCUT2D eigenvalue weighted by atomic mass is 32.1. The number of fused-ring (bicyclic) bond motifs is 4. The molecule has 7 heteroatoms. The third-order valence-electron chi connectivity index (χ3n) is 5.74. The minimum Gasteiger partial charge on any atom is -0.422 e. The quantitative estimate of drug-likeness (QED) is 0.369. The van der Waals surface area contributed by atoms with Gasteiger partial charge in [0.25, 0.3) is 11.8 Å². The second-order valence-corrected chi connectivity index (χ2v) is 8.70. The molecular weight excluding hydrogens is 412 g/mol. The topological polar surface area (TPSA) is 88.4 Å². The molecule has 156 valence electrons. The summed E-state index contributed by atoms with van der Waals surface area (Å²) in [6.07, 6.45) is 3.79. The fraction of sp³-hybridized carbons (Fsp3) is 0.208. The fourth-order valence-corrected chi connectivity index (χ4v) is 5.50. The number of carbonyl (C=O) groups is 2. The molecule has 0 radical (unpaired) electrons. The van der Waals surface area contributed by atoms with Crippen molar-refractivity contribution in [2.75, 3.05) is 12.4 Å². The first-order chi connectivity index (χ1) is 15.1. The van der Waals surface area contributed by atoms with Crippen molar-refractivity contribution < 1.29 is 14.0 Å². The highest BCUT2D eigenvalue weighted by Gasteiger charge is 2.27. The lowest BCUT2D eigenvalue weighted by atomic mass is 9.95. The van der Waals surface area contributed by atoms with E-state index in [9.17, 15) is 14.4 Å². The highest BCUT2D eigenvalue weighted by Crippen LogP contribution is 2.38. The van der Waals surface area contributed by atoms with Crippen LogP contribution in [0.3, 0.4) is 0 Å². The van der Waals surface area contributed by atoms with Crippen LogP contribution in [-0.4, -0.2) is 18.9 Å². The Kier molecular flexibility index (Phi) is 4.82. The monoisotopic (exact) mass is 432 g/mol. The maximum absolute atomic E-state index is 13.1. The van der Waals surface area contributed by atoms with E-state index in [0.29, 0.717) is 21.5 Å². The smallest absolute Gasteiger partial charge is 0.349 e. The van der Waals surface area contributed by atoms with Gasteiger partial charge in [-0.1, -0.05) is 30.3 Å². The van der Waals surface area contributed by atoms with Gasteiger partial charge in [0.05, 0.1) is 5.56 Å². The van der Waals surface area contributed by atoms with Crippen LogP contribution in [0.15, 0.2) is 51.7 Å². The molecule has 2 aromatic heterocycles. The summed E-state index contributed by atoms with van der Waals surface area (Å²) >= 11 is 1.42. The molecule has 2 aromatic carbocycles. The zero-order valence-corrected chi connectivity index (χ0v) is 17.7. The molecule has 0 saturated carbocycles. The van der Waals surface area contributed by atoms with Gasteiger partial charge >= 0.3 is 5.63 Å². The average molecular weight is 433 g/mol. The van der Waals surface area contributed by atoms with Gasteiger partial charge < -0.3 is 15.1 Å². The molecule has 2 N–H and O–H groups in total. The van der Waals surface area contributed by atoms with E-state index in [4.69, 9.17) is 4.42 Å². The van der Waals surface area contributed by atoms with E-state index < -0.39 is 11.5 Å². The van der Waals surface area contributed by atoms with Crippen LogP contribution in [-0.2, 0) is 12.8 Å². The lowest BCUT2D eigenvalue weighted by molar-refractivity contribution is 0.0963. The van der Waals surface area contributed by atoms with Gasteiger partial charge in [-0.15, -0.1) is 11.3 Å². The lowest BCUT2D eigenvalue weighted by Crippen LogP contribution is -2.24. The molecule has 6 nitrogen and oxygen atoms in total. The zero-order chi connectivity index (χ0) is 21.5. The summed E-state index contributed by atoms with van der Waals surface area (Å²) in [5.41, 5.74) is 1.15. The average Bonchev–Trinajstić information content (AvgIpc) is 3.15. The molecule has 1 aliphatic rings. The van der Waals surface area contributed by atoms with Gasteiger partial charge in [0.1, 0.15) is 16.1 Å². The minimum atomic E-state index is -0.705. The predicted octanol–water partition coefficient (Wildman–Crippen LogP) is 4.50. The molecule has 2 amide bonds. The Morgan fingerprint density at radius 1 is 1.00 bits per heavy atom. The number of nitrogens with one attached hydrogen (secondary N) is 2. The van der Waals surface area contributed by atoms with Crippen molar-refractivity contribution in [1.29, 1.82) is 0 Å². The lowest BCUT2D eigenvalue weighted by Gasteiger charge is -2.12. The SMILES string of the molecule is CNC(=O)c1c(NC(=O)c2cc3c(ccc4ccccc43)oc2=O)sc2c1CCCC2. The normalized spacial score (nSPS) is 13.2. The van der Waals surface area contributed by atoms with Crippen LogP contribution < -0.4 is 16.3 Å². The molecule has 0 unspecified atom stereocenters. The molecular formula is C24H20N2O4S. The number of carbonyl (C=O) groups excluding carboxylic acids is 2. The number of anilines is 1. The maximum atomic E-state index is 13.1. The van der Waals surface area contributed by atoms with Crippen LogP contribution in [0, 0.1) is 0 Å². The van der Waals surface area contributed by atoms with Gasteiger partial charge in [0, 0.05) is 17.3 Å². The van der Waals surface area contributed by atoms with Gasteiger partial charge in [-0.3, -0.25) is 9.59 Å². The first-order valence-corrected chi connectivity index (χ1v) is 11.0. The maximum Gasteiger partial charge on any atom is 0.349 e. The molecule has 0 fully saturated rings. The van der Waals surface area contributed by atoms with E-state index in [1.54, 1.807) is 19.2 Å². The van der Waals surface area contributed by atoms with E-state index in [-0.39, 0.29) is 11.5 Å². The Labute approximate surface area is 181 Å². The van der Waals surface area contributed by atoms with Crippen LogP contribution in [0.4, 0.5) is 5.00 Å². The number of benzene rings is 2. The van der Waals surface area contributed by atoms with E-state index in [2.05, 4.69) is 10.6 Å². The fourth-order valence-electron chi connectivity index (χ4n) is 4.22. The zero-order valence-electron chi connectivity index (χ0n) is 16.9. The number of rotatable bonds is 3. The van der Waals surface area contributed by atoms with E-state index in [1.807, 2.05) is 30.3 Å². The molecule has 0 aliphatic heterocycles. The number of amides is 2. The van der Waals surface area contributed by atoms with E-state index >= 15 is 0 Å². The summed E-state index contributed by atoms with van der Waals surface area (Å²) in [6.45, 7) is 0. The molecule has 0 atom stereocenters. The first-order valence-electron chi connectivity index (χ1n) is 10.2. The number of aryl methyl sites for hydroxylation is 1. The van der Waals surface area contributed by atoms with Crippen LogP contribution in [0.1, 0.15) is 44.0 Å². The van der Waals surface area contributed by atoms with Crippen molar-refractivity contribution >= 4 is 49.9 Å². The summed E-state index contributed by atoms with van der Waals surface area (Å²) in [4.78, 5) is 39.3. The Bertz CT molecular complexity index is 1420. The standard InChI is InChI=1S/C24H20N2O4S/c1-25-22(28)20-15-8-4-5-9-19(15)31-23(20)26-21(27)17-12-16-14-7-3-2-6-13(14)10-11-18(16)30-24(17)29/h2-3,6-7,10-12H,4-5,8-9H2,1H3,(H,25,28)(H,26,27). The van der Waals surface area contributed by atoms with Crippen molar-refractivity contribution in [2.24, 2.45) is 0 Å². The van der Waals surface area contributed by atoms with Crippen molar-refractivity contribution in [1.82, 2.24) is 5.32 Å². The molecule has 0 spiro atoms. The molecule has 31 heavy (non-hydrogen) atoms. The second kappa shape index (κ2) is 7.67. The molecule has 5 rings (SSSR count). The second-order valence-electron chi connectivity index (χ2n) is 7.59. The highest BCUT2D eigenvalue weighted by molar-refractivity contribution is 7.17. The van der Waals surface area contributed by atoms with Crippen molar-refractivity contribution in [3.05, 3.63) is 74.5 Å². The Balaban J connectivity index is 1.59. The summed E-state index contributed by atoms with van der Waals surface area (Å²) in [5, 5.41) is 8.54. The molecule has 4 aromatic rings. The summed E-state index contributed by atoms with van der Waals surface area (Å²) in [6, 6.07) is 12.9. The van der Waals surface area contributed by atoms with Crippen molar-refractivity contribution in [3.8, 4) is 0 Å². The minimum absolute atomic E-state index is 0.0851. The van der Waals surface area contributed by atoms with Gasteiger partial charge in [0.2, 0.25) is 0 Å². The van der Waals surface area contributed by atoms with Crippen molar-refractivity contribution in [3.63, 3.8) is 0 Å². The van der Waals surface area contributed by atoms with Gasteiger partial charge in [-0.2, -0.15) is 0 Å². The van der Waals surface area contributed by atoms with E-state index in [1.165, 1.54) is 11.3 Å². The van der Waals surface area contributed by atoms with Crippen LogP contribution >= 0.6 is 11.3 Å². The third kappa shape index (κ3) is 3.31. The number of hydrogen-bond donors (Lipinski definition) is 2. The summed E-state index contributed by atoms with van der Waals surface area (Å²) < 4.78 is 5.45. The van der Waals surface area contributed by atoms with Gasteiger partial charge in [0.15, 0.2) is 0 Å². The van der Waals surface area contributed by atoms with Gasteiger partial charge in [-0.25, -0.2) is 4.79 Å². The Hall–Kier alpha value is -3.45. The Morgan fingerprint density at radius 2 is 1.81 bits per heavy atom. The molecule has 2 heterocycles. The van der Waals surface area contributed by atoms with Crippen LogP contribution in [0.2, 0.25) is 0 Å². The van der Waals surface area contributed by atoms with Crippen molar-refractivity contribution in [2.45, 2.75) is 25.7 Å². The molecule has 1 aliphatic carbocycles. The molecule has 0 saturated heterocycles. The summed E-state index contributed by atoms with van der Waals surface area (Å²) in [5.74, 6) is -0.807. The first kappa shape index (κ1) is 19.5. The largest absolute Gasteiger partial charge is 0.422 e. The summed E-state index contributed by atoms with van der Waals surface area (Å²) in [7, 11) is 1.57. The van der Waals surface area contributed by atoms with E-state index in [0.717, 1.165) is 46.9 Å². The number of thiophene rings is 1. The van der Waals surface area contributed by atoms with Crippen LogP contribution in [0.25, 0.3) is 21.7 Å². The Morgan fingerprint density at radius 3 is 2.65 bits per heavy atom. The predicted molar refractivity (Wildman–Crippen MR) is 122 cm³/mol. The molecule has 0 bridgehead atoms. The van der Waals surface area contributed by atoms with Crippen LogP contribution in [0.5, 0.6) is 0 Å². The number of hydrogen-bond acceptors (Lipinski definition) is 5. The van der Waals surface area contributed by atoms with Gasteiger partial charge in [-0.05, 0) is 54.2 Å². The third-order valence-corrected chi connectivity index (χ3v) is 6.95.